The zero-order chi connectivity index (χ0) is 11.5. The molecule has 1 aromatic heterocycles. The predicted molar refractivity (Wildman–Crippen MR) is 63.3 cm³/mol. The summed E-state index contributed by atoms with van der Waals surface area (Å²) in [5.41, 5.74) is 2.20. The van der Waals surface area contributed by atoms with Crippen LogP contribution in [-0.4, -0.2) is 53.9 Å². The van der Waals surface area contributed by atoms with Crippen molar-refractivity contribution in [3.05, 3.63) is 23.5 Å². The van der Waals surface area contributed by atoms with Gasteiger partial charge in [-0.3, -0.25) is 4.79 Å². The molecule has 0 bridgehead atoms. The number of aromatic nitrogens is 1. The second-order valence-corrected chi connectivity index (χ2v) is 4.55. The first-order chi connectivity index (χ1) is 7.65. The molecule has 0 saturated carbocycles. The Morgan fingerprint density at radius 1 is 1.38 bits per heavy atom. The lowest BCUT2D eigenvalue weighted by atomic mass is 10.2. The number of nitrogens with zero attached hydrogens (tertiary/aromatic N) is 2. The van der Waals surface area contributed by atoms with Gasteiger partial charge in [-0.25, -0.2) is 0 Å². The van der Waals surface area contributed by atoms with Gasteiger partial charge in [-0.2, -0.15) is 0 Å². The van der Waals surface area contributed by atoms with Gasteiger partial charge in [0.25, 0.3) is 0 Å². The van der Waals surface area contributed by atoms with E-state index in [0.717, 1.165) is 37.4 Å². The number of nitrogens with one attached hydrogen (secondary N) is 1. The molecule has 0 unspecified atom stereocenters. The average molecular weight is 221 g/mol. The summed E-state index contributed by atoms with van der Waals surface area (Å²) in [6.45, 7) is 5.69. The number of H-pyrrole nitrogens is 1. The van der Waals surface area contributed by atoms with Crippen LogP contribution in [0.3, 0.4) is 0 Å². The van der Waals surface area contributed by atoms with Crippen molar-refractivity contribution in [1.82, 2.24) is 14.8 Å². The molecule has 1 N–H and O–H groups in total. The summed E-state index contributed by atoms with van der Waals surface area (Å²) in [7, 11) is 2.09. The van der Waals surface area contributed by atoms with Gasteiger partial charge in [0, 0.05) is 38.1 Å². The number of likely N-dealkylation sites (N-methyl/N-ethyl adjacent to an activating group) is 1. The van der Waals surface area contributed by atoms with Crippen molar-refractivity contribution < 1.29 is 4.79 Å². The molecule has 88 valence electrons. The lowest BCUT2D eigenvalue weighted by Crippen LogP contribution is -2.47. The predicted octanol–water partition coefficient (Wildman–Crippen LogP) is 0.640. The second-order valence-electron chi connectivity index (χ2n) is 4.55. The van der Waals surface area contributed by atoms with Gasteiger partial charge in [-0.1, -0.05) is 0 Å². The van der Waals surface area contributed by atoms with E-state index < -0.39 is 0 Å². The Labute approximate surface area is 96.2 Å². The molecular weight excluding hydrogens is 202 g/mol. The largest absolute Gasteiger partial charge is 0.365 e. The first-order valence-corrected chi connectivity index (χ1v) is 5.75. The minimum atomic E-state index is 0.243. The van der Waals surface area contributed by atoms with E-state index in [0.29, 0.717) is 6.42 Å². The third-order valence-corrected chi connectivity index (χ3v) is 3.10. The number of piperazine rings is 1. The van der Waals surface area contributed by atoms with Crippen LogP contribution in [0.25, 0.3) is 0 Å². The van der Waals surface area contributed by atoms with Crippen LogP contribution in [0.1, 0.15) is 11.3 Å². The molecule has 1 amide bonds. The summed E-state index contributed by atoms with van der Waals surface area (Å²) in [5, 5.41) is 0. The van der Waals surface area contributed by atoms with E-state index in [-0.39, 0.29) is 5.91 Å². The van der Waals surface area contributed by atoms with Crippen molar-refractivity contribution in [1.29, 1.82) is 0 Å². The highest BCUT2D eigenvalue weighted by Crippen LogP contribution is 2.07. The number of rotatable bonds is 2. The summed E-state index contributed by atoms with van der Waals surface area (Å²) < 4.78 is 0. The minimum Gasteiger partial charge on any atom is -0.365 e. The molecule has 0 aromatic carbocycles. The molecule has 0 atom stereocenters. The van der Waals surface area contributed by atoms with Crippen LogP contribution in [-0.2, 0) is 11.2 Å². The van der Waals surface area contributed by atoms with E-state index in [4.69, 9.17) is 0 Å². The Morgan fingerprint density at radius 2 is 2.06 bits per heavy atom. The van der Waals surface area contributed by atoms with Crippen LogP contribution in [0.2, 0.25) is 0 Å². The van der Waals surface area contributed by atoms with Gasteiger partial charge in [-0.05, 0) is 25.6 Å². The van der Waals surface area contributed by atoms with E-state index in [1.54, 1.807) is 0 Å². The van der Waals surface area contributed by atoms with E-state index in [9.17, 15) is 4.79 Å². The molecule has 1 saturated heterocycles. The smallest absolute Gasteiger partial charge is 0.227 e. The molecule has 1 fully saturated rings. The zero-order valence-electron chi connectivity index (χ0n) is 9.99. The molecule has 16 heavy (non-hydrogen) atoms. The molecular formula is C12H19N3O. The summed E-state index contributed by atoms with van der Waals surface area (Å²) in [4.78, 5) is 19.3. The third-order valence-electron chi connectivity index (χ3n) is 3.10. The first kappa shape index (κ1) is 11.2. The van der Waals surface area contributed by atoms with Gasteiger partial charge in [0.05, 0.1) is 6.42 Å². The number of hydrogen-bond acceptors (Lipinski definition) is 2. The van der Waals surface area contributed by atoms with E-state index >= 15 is 0 Å². The molecule has 1 aliphatic rings. The van der Waals surface area contributed by atoms with Crippen LogP contribution < -0.4 is 0 Å². The van der Waals surface area contributed by atoms with Crippen molar-refractivity contribution in [2.24, 2.45) is 0 Å². The molecule has 2 heterocycles. The Balaban J connectivity index is 1.88. The van der Waals surface area contributed by atoms with Crippen molar-refractivity contribution >= 4 is 5.91 Å². The first-order valence-electron chi connectivity index (χ1n) is 5.75. The van der Waals surface area contributed by atoms with Crippen LogP contribution in [0, 0.1) is 6.92 Å². The maximum Gasteiger partial charge on any atom is 0.227 e. The normalized spacial score (nSPS) is 17.8. The lowest BCUT2D eigenvalue weighted by molar-refractivity contribution is -0.132. The van der Waals surface area contributed by atoms with Crippen LogP contribution in [0.4, 0.5) is 0 Å². The Kier molecular flexibility index (Phi) is 3.29. The van der Waals surface area contributed by atoms with Gasteiger partial charge in [0.1, 0.15) is 0 Å². The molecule has 1 aliphatic heterocycles. The number of aromatic amines is 1. The molecule has 1 aromatic rings. The Hall–Kier alpha value is -1.29. The van der Waals surface area contributed by atoms with Crippen LogP contribution in [0.15, 0.2) is 12.3 Å². The fourth-order valence-corrected chi connectivity index (χ4v) is 2.01. The van der Waals surface area contributed by atoms with Gasteiger partial charge in [0.2, 0.25) is 5.91 Å². The third kappa shape index (κ3) is 2.64. The number of hydrogen-bond donors (Lipinski definition) is 1. The molecule has 0 radical (unpaired) electrons. The summed E-state index contributed by atoms with van der Waals surface area (Å²) in [5.74, 6) is 0.243. The molecule has 4 nitrogen and oxygen atoms in total. The topological polar surface area (TPSA) is 39.3 Å². The maximum atomic E-state index is 12.0. The lowest BCUT2D eigenvalue weighted by Gasteiger charge is -2.32. The highest BCUT2D eigenvalue weighted by atomic mass is 16.2. The minimum absolute atomic E-state index is 0.243. The Bertz CT molecular complexity index is 364. The SMILES string of the molecule is Cc1cc(CC(=O)N2CCN(C)CC2)c[nH]1. The van der Waals surface area contributed by atoms with Gasteiger partial charge in [0.15, 0.2) is 0 Å². The molecule has 0 spiro atoms. The van der Waals surface area contributed by atoms with E-state index in [1.165, 1.54) is 0 Å². The van der Waals surface area contributed by atoms with Crippen molar-refractivity contribution in [3.63, 3.8) is 0 Å². The highest BCUT2D eigenvalue weighted by molar-refractivity contribution is 5.78. The van der Waals surface area contributed by atoms with Crippen molar-refractivity contribution in [3.8, 4) is 0 Å². The zero-order valence-corrected chi connectivity index (χ0v) is 9.99. The van der Waals surface area contributed by atoms with E-state index in [2.05, 4.69) is 16.9 Å². The number of carbonyl (C=O) groups excluding carboxylic acids is 1. The number of carbonyl (C=O) groups is 1. The number of amides is 1. The molecule has 4 heteroatoms. The quantitative estimate of drug-likeness (QED) is 0.796. The van der Waals surface area contributed by atoms with Crippen molar-refractivity contribution in [2.75, 3.05) is 33.2 Å². The number of aryl methyl sites for hydroxylation is 1. The van der Waals surface area contributed by atoms with Gasteiger partial charge in [-0.15, -0.1) is 0 Å². The summed E-state index contributed by atoms with van der Waals surface area (Å²) in [6, 6.07) is 2.04. The molecule has 0 aliphatic carbocycles. The van der Waals surface area contributed by atoms with E-state index in [1.807, 2.05) is 24.1 Å². The van der Waals surface area contributed by atoms with Crippen molar-refractivity contribution in [2.45, 2.75) is 13.3 Å². The van der Waals surface area contributed by atoms with Gasteiger partial charge >= 0.3 is 0 Å². The monoisotopic (exact) mass is 221 g/mol. The maximum absolute atomic E-state index is 12.0. The fraction of sp³-hybridized carbons (Fsp3) is 0.583. The standard InChI is InChI=1S/C12H19N3O/c1-10-7-11(9-13-10)8-12(16)15-5-3-14(2)4-6-15/h7,9,13H,3-6,8H2,1-2H3. The summed E-state index contributed by atoms with van der Waals surface area (Å²) in [6.07, 6.45) is 2.44. The molecule has 2 rings (SSSR count). The fourth-order valence-electron chi connectivity index (χ4n) is 2.01. The average Bonchev–Trinajstić information content (AvgIpc) is 2.65. The second kappa shape index (κ2) is 4.70. The van der Waals surface area contributed by atoms with Crippen LogP contribution in [0.5, 0.6) is 0 Å². The Morgan fingerprint density at radius 3 is 2.62 bits per heavy atom. The van der Waals surface area contributed by atoms with Gasteiger partial charge < -0.3 is 14.8 Å². The highest BCUT2D eigenvalue weighted by Gasteiger charge is 2.19. The summed E-state index contributed by atoms with van der Waals surface area (Å²) >= 11 is 0. The van der Waals surface area contributed by atoms with Crippen LogP contribution >= 0.6 is 0 Å².